The number of fused-ring (bicyclic) bond motifs is 3. The van der Waals surface area contributed by atoms with Crippen molar-refractivity contribution >= 4 is 17.4 Å². The molecular weight excluding hydrogens is 448 g/mol. The van der Waals surface area contributed by atoms with Crippen LogP contribution in [0.3, 0.4) is 0 Å². The fourth-order valence-electron chi connectivity index (χ4n) is 5.79. The fourth-order valence-corrected chi connectivity index (χ4v) is 5.79. The van der Waals surface area contributed by atoms with Gasteiger partial charge in [-0.2, -0.15) is 0 Å². The summed E-state index contributed by atoms with van der Waals surface area (Å²) in [6.07, 6.45) is 3.43. The van der Waals surface area contributed by atoms with E-state index in [4.69, 9.17) is 5.73 Å². The van der Waals surface area contributed by atoms with E-state index in [1.54, 1.807) is 12.3 Å². The molecule has 35 heavy (non-hydrogen) atoms. The van der Waals surface area contributed by atoms with Crippen LogP contribution in [0.25, 0.3) is 22.3 Å². The van der Waals surface area contributed by atoms with E-state index in [1.807, 2.05) is 18.2 Å². The van der Waals surface area contributed by atoms with Gasteiger partial charge >= 0.3 is 0 Å². The molecule has 3 aliphatic rings. The van der Waals surface area contributed by atoms with Gasteiger partial charge in [0.15, 0.2) is 0 Å². The van der Waals surface area contributed by atoms with E-state index in [9.17, 15) is 9.18 Å². The molecule has 8 heteroatoms. The van der Waals surface area contributed by atoms with E-state index < -0.39 is 5.82 Å². The Hall–Kier alpha value is -3.52. The SMILES string of the molecule is Nc1ncc(-c2ccc(N3C[C@@H]4C[C@H]3CN4CCF)cc2)cc1-c1cc2c(cc1F)C(=O)NCC2. The summed E-state index contributed by atoms with van der Waals surface area (Å²) in [5, 5.41) is 2.74. The average Bonchev–Trinajstić information content (AvgIpc) is 3.46. The van der Waals surface area contributed by atoms with Gasteiger partial charge in [0.1, 0.15) is 18.3 Å². The number of nitrogens with zero attached hydrogens (tertiary/aromatic N) is 3. The standard InChI is InChI=1S/C27H27F2N5O/c28-6-8-33-14-21-11-20(33)15-34(21)19-3-1-16(2-4-19)18-10-24(26(30)32-13-18)23-9-17-5-7-31-27(35)22(17)12-25(23)29/h1-4,9-10,12-13,20-21H,5-8,11,14-15H2,(H2,30,32)(H,31,35)/t20-,21-/m0/s1. The van der Waals surface area contributed by atoms with Gasteiger partial charge < -0.3 is 16.0 Å². The first kappa shape index (κ1) is 22.0. The number of carbonyl (C=O) groups is 1. The van der Waals surface area contributed by atoms with Crippen molar-refractivity contribution in [1.29, 1.82) is 0 Å². The Balaban J connectivity index is 1.27. The minimum absolute atomic E-state index is 0.246. The molecule has 2 fully saturated rings. The molecule has 1 amide bonds. The highest BCUT2D eigenvalue weighted by Gasteiger charge is 2.42. The Morgan fingerprint density at radius 2 is 1.86 bits per heavy atom. The number of piperazine rings is 1. The number of anilines is 2. The van der Waals surface area contributed by atoms with Crippen LogP contribution in [0.2, 0.25) is 0 Å². The summed E-state index contributed by atoms with van der Waals surface area (Å²) < 4.78 is 27.8. The predicted octanol–water partition coefficient (Wildman–Crippen LogP) is 3.66. The lowest BCUT2D eigenvalue weighted by atomic mass is 9.93. The molecule has 2 saturated heterocycles. The van der Waals surface area contributed by atoms with Crippen molar-refractivity contribution in [2.45, 2.75) is 24.9 Å². The molecule has 0 saturated carbocycles. The van der Waals surface area contributed by atoms with Crippen LogP contribution >= 0.6 is 0 Å². The summed E-state index contributed by atoms with van der Waals surface area (Å²) in [7, 11) is 0. The van der Waals surface area contributed by atoms with E-state index in [1.165, 1.54) is 6.07 Å². The van der Waals surface area contributed by atoms with Gasteiger partial charge in [-0.1, -0.05) is 12.1 Å². The number of likely N-dealkylation sites (tertiary alicyclic amines) is 1. The lowest BCUT2D eigenvalue weighted by molar-refractivity contribution is 0.0945. The Kier molecular flexibility index (Phi) is 5.40. The van der Waals surface area contributed by atoms with Crippen LogP contribution in [0.5, 0.6) is 0 Å². The number of carbonyl (C=O) groups excluding carboxylic acids is 1. The largest absolute Gasteiger partial charge is 0.383 e. The van der Waals surface area contributed by atoms with Crippen molar-refractivity contribution in [3.63, 3.8) is 0 Å². The van der Waals surface area contributed by atoms with Crippen LogP contribution in [0, 0.1) is 5.82 Å². The summed E-state index contributed by atoms with van der Waals surface area (Å²) in [5.74, 6) is -0.499. The summed E-state index contributed by atoms with van der Waals surface area (Å²) in [6, 6.07) is 14.0. The van der Waals surface area contributed by atoms with Crippen LogP contribution in [0.1, 0.15) is 22.3 Å². The monoisotopic (exact) mass is 475 g/mol. The molecule has 1 aromatic heterocycles. The summed E-state index contributed by atoms with van der Waals surface area (Å²) in [6.45, 7) is 2.60. The third kappa shape index (κ3) is 3.82. The van der Waals surface area contributed by atoms with Gasteiger partial charge in [0, 0.05) is 72.4 Å². The Morgan fingerprint density at radius 3 is 2.60 bits per heavy atom. The number of halogens is 2. The maximum atomic E-state index is 15.0. The van der Waals surface area contributed by atoms with E-state index in [2.05, 4.69) is 32.2 Å². The molecule has 3 aliphatic heterocycles. The topological polar surface area (TPSA) is 74.5 Å². The van der Waals surface area contributed by atoms with Crippen LogP contribution in [-0.4, -0.2) is 60.7 Å². The van der Waals surface area contributed by atoms with Crippen LogP contribution in [-0.2, 0) is 6.42 Å². The number of aromatic nitrogens is 1. The second-order valence-electron chi connectivity index (χ2n) is 9.58. The van der Waals surface area contributed by atoms with Crippen molar-refractivity contribution in [3.8, 4) is 22.3 Å². The smallest absolute Gasteiger partial charge is 0.251 e. The van der Waals surface area contributed by atoms with Gasteiger partial charge in [-0.3, -0.25) is 9.69 Å². The zero-order chi connectivity index (χ0) is 24.1. The number of nitrogens with one attached hydrogen (secondary N) is 1. The number of alkyl halides is 1. The number of pyridine rings is 1. The van der Waals surface area contributed by atoms with Crippen LogP contribution in [0.4, 0.5) is 20.3 Å². The molecule has 3 N–H and O–H groups in total. The molecule has 0 unspecified atom stereocenters. The van der Waals surface area contributed by atoms with E-state index >= 15 is 4.39 Å². The number of nitrogen functional groups attached to an aromatic ring is 1. The number of rotatable bonds is 5. The molecule has 6 nitrogen and oxygen atoms in total. The maximum Gasteiger partial charge on any atom is 0.251 e. The van der Waals surface area contributed by atoms with E-state index in [0.717, 1.165) is 41.9 Å². The molecule has 2 aromatic carbocycles. The average molecular weight is 476 g/mol. The molecule has 6 rings (SSSR count). The van der Waals surface area contributed by atoms with Crippen LogP contribution in [0.15, 0.2) is 48.7 Å². The predicted molar refractivity (Wildman–Crippen MR) is 133 cm³/mol. The molecule has 4 heterocycles. The summed E-state index contributed by atoms with van der Waals surface area (Å²) in [5.41, 5.74) is 11.2. The highest BCUT2D eigenvalue weighted by atomic mass is 19.1. The minimum Gasteiger partial charge on any atom is -0.383 e. The second-order valence-corrected chi connectivity index (χ2v) is 9.58. The zero-order valence-electron chi connectivity index (χ0n) is 19.3. The minimum atomic E-state index is -0.493. The fraction of sp³-hybridized carbons (Fsp3) is 0.333. The molecule has 0 radical (unpaired) electrons. The first-order valence-corrected chi connectivity index (χ1v) is 12.1. The van der Waals surface area contributed by atoms with E-state index in [-0.39, 0.29) is 18.4 Å². The van der Waals surface area contributed by atoms with Gasteiger partial charge in [-0.25, -0.2) is 13.8 Å². The lowest BCUT2D eigenvalue weighted by Crippen LogP contribution is -2.47. The molecule has 2 atom stereocenters. The lowest BCUT2D eigenvalue weighted by Gasteiger charge is -2.35. The van der Waals surface area contributed by atoms with Crippen molar-refractivity contribution < 1.29 is 13.6 Å². The highest BCUT2D eigenvalue weighted by molar-refractivity contribution is 5.97. The number of hydrogen-bond acceptors (Lipinski definition) is 5. The first-order chi connectivity index (χ1) is 17.0. The molecule has 0 aliphatic carbocycles. The van der Waals surface area contributed by atoms with E-state index in [0.29, 0.717) is 48.3 Å². The normalized spacial score (nSPS) is 21.3. The van der Waals surface area contributed by atoms with Gasteiger partial charge in [-0.15, -0.1) is 0 Å². The van der Waals surface area contributed by atoms with Crippen molar-refractivity contribution in [3.05, 3.63) is 65.6 Å². The Bertz CT molecular complexity index is 1300. The quantitative estimate of drug-likeness (QED) is 0.589. The Labute approximate surface area is 202 Å². The van der Waals surface area contributed by atoms with Crippen LogP contribution < -0.4 is 16.0 Å². The number of amides is 1. The van der Waals surface area contributed by atoms with Gasteiger partial charge in [0.2, 0.25) is 0 Å². The molecular formula is C27H27F2N5O. The zero-order valence-corrected chi connectivity index (χ0v) is 19.3. The second kappa shape index (κ2) is 8.61. The maximum absolute atomic E-state index is 15.0. The summed E-state index contributed by atoms with van der Waals surface area (Å²) in [4.78, 5) is 21.1. The van der Waals surface area contributed by atoms with Gasteiger partial charge in [-0.05, 0) is 54.3 Å². The van der Waals surface area contributed by atoms with Crippen molar-refractivity contribution in [2.24, 2.45) is 0 Å². The third-order valence-electron chi connectivity index (χ3n) is 7.58. The number of benzene rings is 2. The number of hydrogen-bond donors (Lipinski definition) is 2. The van der Waals surface area contributed by atoms with Gasteiger partial charge in [0.05, 0.1) is 0 Å². The first-order valence-electron chi connectivity index (χ1n) is 12.1. The molecule has 2 bridgehead atoms. The van der Waals surface area contributed by atoms with Gasteiger partial charge in [0.25, 0.3) is 5.91 Å². The van der Waals surface area contributed by atoms with Crippen molar-refractivity contribution in [2.75, 3.05) is 43.5 Å². The van der Waals surface area contributed by atoms with Crippen molar-refractivity contribution in [1.82, 2.24) is 15.2 Å². The molecule has 0 spiro atoms. The molecule has 3 aromatic rings. The summed E-state index contributed by atoms with van der Waals surface area (Å²) >= 11 is 0. The molecule has 180 valence electrons. The highest BCUT2D eigenvalue weighted by Crippen LogP contribution is 2.37. The third-order valence-corrected chi connectivity index (χ3v) is 7.58. The number of nitrogens with two attached hydrogens (primary N) is 1. The Morgan fingerprint density at radius 1 is 1.03 bits per heavy atom.